The summed E-state index contributed by atoms with van der Waals surface area (Å²) in [4.78, 5) is 19.9. The van der Waals surface area contributed by atoms with Crippen LogP contribution in [0, 0.1) is 0 Å². The van der Waals surface area contributed by atoms with E-state index < -0.39 is 0 Å². The van der Waals surface area contributed by atoms with E-state index in [-0.39, 0.29) is 24.4 Å². The summed E-state index contributed by atoms with van der Waals surface area (Å²) in [5, 5.41) is 9.29. The lowest BCUT2D eigenvalue weighted by Crippen LogP contribution is -2.33. The van der Waals surface area contributed by atoms with Gasteiger partial charge < -0.3 is 24.8 Å². The Hall–Kier alpha value is -4.69. The Balaban J connectivity index is 1.28. The molecule has 5 aromatic rings. The molecule has 0 bridgehead atoms. The van der Waals surface area contributed by atoms with Gasteiger partial charge in [-0.2, -0.15) is 0 Å². The fraction of sp³-hybridized carbons (Fsp3) is 0.156. The number of carbonyl (C=O) groups is 1. The number of carbonyl (C=O) groups excluding carboxylic acids is 1. The Labute approximate surface area is 238 Å². The molecule has 1 saturated heterocycles. The molecule has 3 heterocycles. The summed E-state index contributed by atoms with van der Waals surface area (Å²) in [5.41, 5.74) is 3.75. The molecule has 8 heteroatoms. The number of anilines is 1. The number of methoxy groups -OCH3 is 1. The number of aromatic nitrogens is 2. The van der Waals surface area contributed by atoms with Crippen LogP contribution in [0.4, 0.5) is 5.69 Å². The predicted octanol–water partition coefficient (Wildman–Crippen LogP) is 6.04. The summed E-state index contributed by atoms with van der Waals surface area (Å²) in [7, 11) is 1.66. The number of nitrogens with zero attached hydrogens (tertiary/aromatic N) is 3. The maximum atomic E-state index is 13.2. The van der Waals surface area contributed by atoms with E-state index in [4.69, 9.17) is 17.0 Å². The molecular weight excluding hydrogens is 518 g/mol. The minimum absolute atomic E-state index is 0.0651. The van der Waals surface area contributed by atoms with E-state index in [2.05, 4.69) is 31.2 Å². The lowest BCUT2D eigenvalue weighted by molar-refractivity contribution is -0.116. The van der Waals surface area contributed by atoms with Crippen LogP contribution >= 0.6 is 12.2 Å². The molecule has 1 fully saturated rings. The van der Waals surface area contributed by atoms with Gasteiger partial charge >= 0.3 is 0 Å². The van der Waals surface area contributed by atoms with Crippen LogP contribution in [0.25, 0.3) is 16.5 Å². The molecule has 2 atom stereocenters. The molecule has 1 amide bonds. The van der Waals surface area contributed by atoms with Gasteiger partial charge in [0.2, 0.25) is 5.91 Å². The average Bonchev–Trinajstić information content (AvgIpc) is 3.61. The monoisotopic (exact) mass is 547 g/mol. The molecular formula is C32H29N5O2S. The van der Waals surface area contributed by atoms with Crippen LogP contribution in [-0.2, 0) is 4.79 Å². The minimum atomic E-state index is -0.179. The van der Waals surface area contributed by atoms with Gasteiger partial charge in [0.05, 0.1) is 24.9 Å². The zero-order valence-corrected chi connectivity index (χ0v) is 22.8. The van der Waals surface area contributed by atoms with Crippen molar-refractivity contribution in [2.24, 2.45) is 0 Å². The summed E-state index contributed by atoms with van der Waals surface area (Å²) < 4.78 is 7.50. The Bertz CT molecular complexity index is 1650. The van der Waals surface area contributed by atoms with Crippen molar-refractivity contribution in [1.29, 1.82) is 0 Å². The van der Waals surface area contributed by atoms with Crippen LogP contribution in [0.1, 0.15) is 29.9 Å². The van der Waals surface area contributed by atoms with Crippen molar-refractivity contribution < 1.29 is 9.53 Å². The molecule has 2 aromatic heterocycles. The Morgan fingerprint density at radius 1 is 0.975 bits per heavy atom. The predicted molar refractivity (Wildman–Crippen MR) is 162 cm³/mol. The second-order valence-corrected chi connectivity index (χ2v) is 10.0. The number of pyridine rings is 1. The maximum absolute atomic E-state index is 13.2. The van der Waals surface area contributed by atoms with Crippen molar-refractivity contribution >= 4 is 39.7 Å². The van der Waals surface area contributed by atoms with E-state index in [1.54, 1.807) is 13.3 Å². The Kier molecular flexibility index (Phi) is 7.16. The molecule has 2 unspecified atom stereocenters. The van der Waals surface area contributed by atoms with Gasteiger partial charge in [0.15, 0.2) is 5.11 Å². The highest BCUT2D eigenvalue weighted by Crippen LogP contribution is 2.39. The summed E-state index contributed by atoms with van der Waals surface area (Å²) in [5.74, 6) is 0.732. The van der Waals surface area contributed by atoms with E-state index >= 15 is 0 Å². The van der Waals surface area contributed by atoms with Crippen LogP contribution in [0.3, 0.4) is 0 Å². The molecule has 6 rings (SSSR count). The van der Waals surface area contributed by atoms with Crippen LogP contribution < -0.4 is 15.4 Å². The van der Waals surface area contributed by atoms with E-state index in [9.17, 15) is 4.79 Å². The number of thiocarbonyl (C=S) groups is 1. The molecule has 200 valence electrons. The SMILES string of the molecule is COc1ccc(-n2cccc2C2C(c3ccccn3)NC(=S)N2CCC(=O)Nc2cccc3ccccc23)cc1. The van der Waals surface area contributed by atoms with Gasteiger partial charge in [-0.15, -0.1) is 0 Å². The lowest BCUT2D eigenvalue weighted by Gasteiger charge is -2.29. The number of hydrogen-bond acceptors (Lipinski definition) is 4. The van der Waals surface area contributed by atoms with Crippen molar-refractivity contribution in [3.8, 4) is 11.4 Å². The quantitative estimate of drug-likeness (QED) is 0.231. The summed E-state index contributed by atoms with van der Waals surface area (Å²) in [6.07, 6.45) is 4.11. The third-order valence-corrected chi connectivity index (χ3v) is 7.63. The first-order valence-electron chi connectivity index (χ1n) is 13.2. The van der Waals surface area contributed by atoms with Crippen molar-refractivity contribution in [2.45, 2.75) is 18.5 Å². The van der Waals surface area contributed by atoms with Gasteiger partial charge in [0.25, 0.3) is 0 Å². The number of fused-ring (bicyclic) bond motifs is 1. The highest BCUT2D eigenvalue weighted by molar-refractivity contribution is 7.80. The number of amides is 1. The Morgan fingerprint density at radius 3 is 2.58 bits per heavy atom. The third-order valence-electron chi connectivity index (χ3n) is 7.28. The van der Waals surface area contributed by atoms with E-state index in [1.807, 2.05) is 97.2 Å². The van der Waals surface area contributed by atoms with E-state index in [1.165, 1.54) is 0 Å². The number of nitrogens with one attached hydrogen (secondary N) is 2. The third kappa shape index (κ3) is 5.01. The molecule has 40 heavy (non-hydrogen) atoms. The van der Waals surface area contributed by atoms with Crippen LogP contribution in [0.5, 0.6) is 5.75 Å². The number of hydrogen-bond donors (Lipinski definition) is 2. The second kappa shape index (κ2) is 11.2. The summed E-state index contributed by atoms with van der Waals surface area (Å²) >= 11 is 5.84. The first kappa shape index (κ1) is 25.6. The maximum Gasteiger partial charge on any atom is 0.226 e. The van der Waals surface area contributed by atoms with Gasteiger partial charge in [0, 0.05) is 47.8 Å². The fourth-order valence-electron chi connectivity index (χ4n) is 5.35. The summed E-state index contributed by atoms with van der Waals surface area (Å²) in [6, 6.07) is 31.6. The molecule has 0 saturated carbocycles. The Morgan fingerprint density at radius 2 is 1.77 bits per heavy atom. The second-order valence-electron chi connectivity index (χ2n) is 9.65. The molecule has 2 N–H and O–H groups in total. The fourth-order valence-corrected chi connectivity index (χ4v) is 5.68. The van der Waals surface area contributed by atoms with E-state index in [0.29, 0.717) is 11.7 Å². The number of benzene rings is 3. The first-order valence-corrected chi connectivity index (χ1v) is 13.6. The normalized spacial score (nSPS) is 16.6. The molecule has 0 radical (unpaired) electrons. The van der Waals surface area contributed by atoms with Crippen molar-refractivity contribution in [1.82, 2.24) is 19.8 Å². The summed E-state index contributed by atoms with van der Waals surface area (Å²) in [6.45, 7) is 0.449. The molecule has 3 aromatic carbocycles. The highest BCUT2D eigenvalue weighted by atomic mass is 32.1. The van der Waals surface area contributed by atoms with Crippen LogP contribution in [0.15, 0.2) is 109 Å². The van der Waals surface area contributed by atoms with E-state index in [0.717, 1.165) is 39.3 Å². The van der Waals surface area contributed by atoms with Crippen molar-refractivity contribution in [2.75, 3.05) is 19.0 Å². The molecule has 1 aliphatic heterocycles. The van der Waals surface area contributed by atoms with Crippen LogP contribution in [-0.4, -0.2) is 39.1 Å². The first-order chi connectivity index (χ1) is 19.6. The number of ether oxygens (including phenoxy) is 1. The van der Waals surface area contributed by atoms with Crippen molar-refractivity contribution in [3.05, 3.63) is 121 Å². The highest BCUT2D eigenvalue weighted by Gasteiger charge is 2.41. The minimum Gasteiger partial charge on any atom is -0.497 e. The lowest BCUT2D eigenvalue weighted by atomic mass is 10.0. The van der Waals surface area contributed by atoms with Gasteiger partial charge in [-0.3, -0.25) is 9.78 Å². The molecule has 7 nitrogen and oxygen atoms in total. The zero-order chi connectivity index (χ0) is 27.5. The van der Waals surface area contributed by atoms with Gasteiger partial charge in [0.1, 0.15) is 5.75 Å². The van der Waals surface area contributed by atoms with Gasteiger partial charge in [-0.05, 0) is 72.2 Å². The standard InChI is InChI=1S/C32H29N5O2S/c1-39-24-16-14-23(15-17-24)36-20-7-13-28(36)31-30(27-11-4-5-19-33-27)35-32(40)37(31)21-18-29(38)34-26-12-6-9-22-8-2-3-10-25(22)26/h2-17,19-20,30-31H,18,21H2,1H3,(H,34,38)(H,35,40). The smallest absolute Gasteiger partial charge is 0.226 e. The van der Waals surface area contributed by atoms with Crippen LogP contribution in [0.2, 0.25) is 0 Å². The average molecular weight is 548 g/mol. The molecule has 0 spiro atoms. The van der Waals surface area contributed by atoms with Crippen molar-refractivity contribution in [3.63, 3.8) is 0 Å². The van der Waals surface area contributed by atoms with Gasteiger partial charge in [-0.25, -0.2) is 0 Å². The van der Waals surface area contributed by atoms with Gasteiger partial charge in [-0.1, -0.05) is 42.5 Å². The number of rotatable bonds is 8. The largest absolute Gasteiger partial charge is 0.497 e. The topological polar surface area (TPSA) is 71.4 Å². The zero-order valence-electron chi connectivity index (χ0n) is 22.0. The molecule has 0 aliphatic carbocycles. The molecule has 1 aliphatic rings.